The van der Waals surface area contributed by atoms with Crippen molar-refractivity contribution in [1.82, 2.24) is 10.6 Å². The van der Waals surface area contributed by atoms with Gasteiger partial charge in [-0.05, 0) is 62.8 Å². The zero-order chi connectivity index (χ0) is 28.2. The number of methoxy groups -OCH3 is 1. The van der Waals surface area contributed by atoms with Crippen LogP contribution in [0.4, 0.5) is 5.69 Å². The van der Waals surface area contributed by atoms with Crippen molar-refractivity contribution in [2.24, 2.45) is 0 Å². The lowest BCUT2D eigenvalue weighted by molar-refractivity contribution is -0.116. The average Bonchev–Trinajstić information content (AvgIpc) is 3.71. The van der Waals surface area contributed by atoms with E-state index in [4.69, 9.17) is 4.74 Å². The number of nitrogens with one attached hydrogen (secondary N) is 2. The Kier molecular flexibility index (Phi) is 8.47. The topological polar surface area (TPSA) is 87.7 Å². The second kappa shape index (κ2) is 12.2. The van der Waals surface area contributed by atoms with Crippen molar-refractivity contribution in [2.75, 3.05) is 18.6 Å². The molecule has 0 bridgehead atoms. The molecule has 1 aromatic heterocycles. The third-order valence-electron chi connectivity index (χ3n) is 7.36. The highest BCUT2D eigenvalue weighted by Gasteiger charge is 2.29. The van der Waals surface area contributed by atoms with Gasteiger partial charge in [0.1, 0.15) is 0 Å². The minimum absolute atomic E-state index is 0.00164. The van der Waals surface area contributed by atoms with Gasteiger partial charge in [0.25, 0.3) is 17.7 Å². The Morgan fingerprint density at radius 3 is 2.65 bits per heavy atom. The van der Waals surface area contributed by atoms with Crippen LogP contribution in [0, 0.1) is 0 Å². The summed E-state index contributed by atoms with van der Waals surface area (Å²) < 4.78 is 5.29. The predicted molar refractivity (Wildman–Crippen MR) is 159 cm³/mol. The molecule has 5 rings (SSSR count). The Morgan fingerprint density at radius 2 is 1.95 bits per heavy atom. The number of ether oxygens (including phenoxy) is 1. The number of benzene rings is 1. The molecule has 1 aliphatic heterocycles. The molecular weight excluding hydrogens is 522 g/mol. The van der Waals surface area contributed by atoms with Crippen molar-refractivity contribution < 1.29 is 19.1 Å². The number of allylic oxidation sites excluding steroid dienone is 3. The van der Waals surface area contributed by atoms with E-state index >= 15 is 0 Å². The van der Waals surface area contributed by atoms with Gasteiger partial charge in [0.2, 0.25) is 0 Å². The van der Waals surface area contributed by atoms with Gasteiger partial charge in [0.05, 0.1) is 16.7 Å². The van der Waals surface area contributed by atoms with Crippen LogP contribution in [0.2, 0.25) is 0 Å². The minimum atomic E-state index is -0.185. The molecule has 0 saturated heterocycles. The number of fused-ring (bicyclic) bond motifs is 3. The molecule has 208 valence electrons. The molecule has 3 amide bonds. The predicted octanol–water partition coefficient (Wildman–Crippen LogP) is 5.45. The van der Waals surface area contributed by atoms with Gasteiger partial charge < -0.3 is 20.3 Å². The summed E-state index contributed by atoms with van der Waals surface area (Å²) in [5.41, 5.74) is 4.81. The summed E-state index contributed by atoms with van der Waals surface area (Å²) in [6.45, 7) is 4.29. The van der Waals surface area contributed by atoms with Crippen molar-refractivity contribution >= 4 is 34.7 Å². The molecule has 2 aliphatic carbocycles. The molecule has 7 nitrogen and oxygen atoms in total. The summed E-state index contributed by atoms with van der Waals surface area (Å²) in [4.78, 5) is 42.8. The van der Waals surface area contributed by atoms with Gasteiger partial charge in [-0.3, -0.25) is 14.4 Å². The molecule has 1 atom stereocenters. The molecular formula is C32H35N3O4S. The standard InChI is InChI=1S/C32H35N3O4S/c1-4-21(10-9-20(2)33-30(36)22-11-15-25(39-3)16-12-22)32(38)35-18-17-23-19-28(31(37)34-24-13-14-24)40-29(23)26-7-5-6-8-27(26)35/h5-12,15,19,24-25H,4,13-14,16-18H2,1-3H3,(H,33,36)(H,34,37). The van der Waals surface area contributed by atoms with Crippen LogP contribution in [0.15, 0.2) is 77.6 Å². The maximum atomic E-state index is 13.8. The number of hydrogen-bond donors (Lipinski definition) is 2. The van der Waals surface area contributed by atoms with Crippen LogP contribution in [0.25, 0.3) is 10.4 Å². The molecule has 3 aliphatic rings. The first kappa shape index (κ1) is 27.8. The Hall–Kier alpha value is -3.75. The van der Waals surface area contributed by atoms with Gasteiger partial charge in [-0.25, -0.2) is 0 Å². The van der Waals surface area contributed by atoms with Crippen molar-refractivity contribution in [3.63, 3.8) is 0 Å². The van der Waals surface area contributed by atoms with Crippen LogP contribution in [-0.4, -0.2) is 43.5 Å². The summed E-state index contributed by atoms with van der Waals surface area (Å²) in [5, 5.41) is 5.99. The first-order chi connectivity index (χ1) is 19.4. The number of carbonyl (C=O) groups is 3. The quantitative estimate of drug-likeness (QED) is 0.334. The molecule has 40 heavy (non-hydrogen) atoms. The van der Waals surface area contributed by atoms with Crippen molar-refractivity contribution in [3.8, 4) is 10.4 Å². The SMILES string of the molecule is CCC(=CC=C(C)NC(=O)C1=CCC(OC)C=C1)C(=O)N1CCc2cc(C(=O)NC3CC3)sc2-c2ccccc21. The maximum absolute atomic E-state index is 13.8. The number of para-hydroxylation sites is 1. The number of hydrogen-bond acceptors (Lipinski definition) is 5. The first-order valence-corrected chi connectivity index (χ1v) is 14.6. The molecule has 0 radical (unpaired) electrons. The normalized spacial score (nSPS) is 18.8. The largest absolute Gasteiger partial charge is 0.377 e. The highest BCUT2D eigenvalue weighted by molar-refractivity contribution is 7.17. The first-order valence-electron chi connectivity index (χ1n) is 13.8. The van der Waals surface area contributed by atoms with Crippen LogP contribution >= 0.6 is 11.3 Å². The van der Waals surface area contributed by atoms with Crippen molar-refractivity contribution in [3.05, 3.63) is 88.0 Å². The van der Waals surface area contributed by atoms with Crippen LogP contribution in [0.3, 0.4) is 0 Å². The van der Waals surface area contributed by atoms with Gasteiger partial charge in [-0.1, -0.05) is 49.4 Å². The number of amides is 3. The average molecular weight is 558 g/mol. The van der Waals surface area contributed by atoms with E-state index in [2.05, 4.69) is 10.6 Å². The van der Waals surface area contributed by atoms with Gasteiger partial charge in [-0.2, -0.15) is 0 Å². The van der Waals surface area contributed by atoms with E-state index in [1.165, 1.54) is 11.3 Å². The molecule has 1 saturated carbocycles. The fourth-order valence-corrected chi connectivity index (χ4v) is 6.03. The Labute approximate surface area is 239 Å². The van der Waals surface area contributed by atoms with E-state index < -0.39 is 0 Å². The molecule has 2 N–H and O–H groups in total. The zero-order valence-corrected chi connectivity index (χ0v) is 24.0. The Morgan fingerprint density at radius 1 is 1.15 bits per heavy atom. The number of thiophene rings is 1. The van der Waals surface area contributed by atoms with Crippen LogP contribution in [0.1, 0.15) is 54.8 Å². The molecule has 0 spiro atoms. The number of nitrogens with zero attached hydrogens (tertiary/aromatic N) is 1. The Balaban J connectivity index is 1.33. The molecule has 2 heterocycles. The van der Waals surface area contributed by atoms with Crippen molar-refractivity contribution in [1.29, 1.82) is 0 Å². The van der Waals surface area contributed by atoms with E-state index in [0.29, 0.717) is 48.7 Å². The highest BCUT2D eigenvalue weighted by atomic mass is 32.1. The number of anilines is 1. The molecule has 1 unspecified atom stereocenters. The molecule has 8 heteroatoms. The summed E-state index contributed by atoms with van der Waals surface area (Å²) in [7, 11) is 1.65. The lowest BCUT2D eigenvalue weighted by Gasteiger charge is -2.24. The summed E-state index contributed by atoms with van der Waals surface area (Å²) >= 11 is 1.50. The fourth-order valence-electron chi connectivity index (χ4n) is 4.88. The van der Waals surface area contributed by atoms with Gasteiger partial charge in [0.15, 0.2) is 0 Å². The second-order valence-corrected chi connectivity index (χ2v) is 11.4. The van der Waals surface area contributed by atoms with Crippen molar-refractivity contribution in [2.45, 2.75) is 58.1 Å². The zero-order valence-electron chi connectivity index (χ0n) is 23.2. The summed E-state index contributed by atoms with van der Waals surface area (Å²) in [6.07, 6.45) is 13.1. The monoisotopic (exact) mass is 557 g/mol. The van der Waals surface area contributed by atoms with E-state index in [-0.39, 0.29) is 23.8 Å². The fraction of sp³-hybridized carbons (Fsp3) is 0.344. The minimum Gasteiger partial charge on any atom is -0.377 e. The van der Waals surface area contributed by atoms with Gasteiger partial charge in [0, 0.05) is 47.0 Å². The van der Waals surface area contributed by atoms with Crippen LogP contribution in [-0.2, 0) is 20.7 Å². The van der Waals surface area contributed by atoms with E-state index in [1.807, 2.05) is 61.2 Å². The molecule has 1 aromatic carbocycles. The highest BCUT2D eigenvalue weighted by Crippen LogP contribution is 2.42. The van der Waals surface area contributed by atoms with Gasteiger partial charge in [-0.15, -0.1) is 11.3 Å². The summed E-state index contributed by atoms with van der Waals surface area (Å²) in [6, 6.07) is 10.2. The molecule has 2 aromatic rings. The maximum Gasteiger partial charge on any atom is 0.261 e. The van der Waals surface area contributed by atoms with E-state index in [0.717, 1.165) is 39.4 Å². The summed E-state index contributed by atoms with van der Waals surface area (Å²) in [5.74, 6) is -0.253. The lowest BCUT2D eigenvalue weighted by Crippen LogP contribution is -2.33. The van der Waals surface area contributed by atoms with E-state index in [9.17, 15) is 14.4 Å². The van der Waals surface area contributed by atoms with Gasteiger partial charge >= 0.3 is 0 Å². The number of carbonyl (C=O) groups excluding carboxylic acids is 3. The van der Waals surface area contributed by atoms with E-state index in [1.54, 1.807) is 25.3 Å². The van der Waals surface area contributed by atoms with Crippen LogP contribution in [0.5, 0.6) is 0 Å². The second-order valence-electron chi connectivity index (χ2n) is 10.3. The third kappa shape index (κ3) is 6.18. The smallest absolute Gasteiger partial charge is 0.261 e. The third-order valence-corrected chi connectivity index (χ3v) is 8.57. The number of rotatable bonds is 8. The lowest BCUT2D eigenvalue weighted by atomic mass is 10.0. The molecule has 1 fully saturated rings. The van der Waals surface area contributed by atoms with Crippen LogP contribution < -0.4 is 15.5 Å². The Bertz CT molecular complexity index is 1440.